The van der Waals surface area contributed by atoms with Gasteiger partial charge in [-0.1, -0.05) is 6.07 Å². The highest BCUT2D eigenvalue weighted by molar-refractivity contribution is 5.98. The quantitative estimate of drug-likeness (QED) is 0.453. The van der Waals surface area contributed by atoms with E-state index < -0.39 is 23.4 Å². The maximum absolute atomic E-state index is 14.0. The van der Waals surface area contributed by atoms with Gasteiger partial charge in [-0.2, -0.15) is 5.10 Å². The number of aromatic nitrogens is 4. The van der Waals surface area contributed by atoms with Gasteiger partial charge >= 0.3 is 5.76 Å². The van der Waals surface area contributed by atoms with E-state index in [1.54, 1.807) is 32.0 Å². The van der Waals surface area contributed by atoms with E-state index in [1.807, 2.05) is 0 Å². The lowest BCUT2D eigenvalue weighted by Gasteiger charge is -2.11. The Morgan fingerprint density at radius 1 is 1.27 bits per heavy atom. The summed E-state index contributed by atoms with van der Waals surface area (Å²) in [7, 11) is 0. The number of nitrogens with one attached hydrogen (secondary N) is 3. The molecule has 30 heavy (non-hydrogen) atoms. The number of carbonyl (C=O) groups excluding carboxylic acids is 2. The largest absolute Gasteiger partial charge is 0.417 e. The Balaban J connectivity index is 1.60. The summed E-state index contributed by atoms with van der Waals surface area (Å²) in [5.41, 5.74) is 1.23. The van der Waals surface area contributed by atoms with Gasteiger partial charge < -0.3 is 15.1 Å². The third-order valence-electron chi connectivity index (χ3n) is 4.25. The summed E-state index contributed by atoms with van der Waals surface area (Å²) in [6, 6.07) is 6.05. The molecule has 3 aromatic heterocycles. The van der Waals surface area contributed by atoms with E-state index in [9.17, 15) is 18.8 Å². The summed E-state index contributed by atoms with van der Waals surface area (Å²) in [5.74, 6) is -2.43. The predicted octanol–water partition coefficient (Wildman–Crippen LogP) is 1.37. The van der Waals surface area contributed by atoms with E-state index >= 15 is 0 Å². The normalized spacial score (nSPS) is 11.3. The molecule has 4 aromatic rings. The molecule has 0 fully saturated rings. The van der Waals surface area contributed by atoms with Crippen LogP contribution in [0.3, 0.4) is 0 Å². The number of carbonyl (C=O) groups is 2. The van der Waals surface area contributed by atoms with Crippen molar-refractivity contribution in [1.82, 2.24) is 30.2 Å². The molecule has 0 radical (unpaired) electrons. The molecule has 11 heteroatoms. The van der Waals surface area contributed by atoms with Crippen molar-refractivity contribution in [3.63, 3.8) is 0 Å². The first-order valence-corrected chi connectivity index (χ1v) is 9.07. The molecule has 0 atom stereocenters. The van der Waals surface area contributed by atoms with Gasteiger partial charge in [0.05, 0.1) is 11.7 Å². The number of hydrogen-bond acceptors (Lipinski definition) is 6. The Morgan fingerprint density at radius 2 is 2.07 bits per heavy atom. The monoisotopic (exact) mass is 412 g/mol. The van der Waals surface area contributed by atoms with Crippen LogP contribution < -0.4 is 16.4 Å². The number of fused-ring (bicyclic) bond motifs is 2. The number of rotatable bonds is 5. The Kier molecular flexibility index (Phi) is 4.78. The van der Waals surface area contributed by atoms with Crippen LogP contribution in [0.1, 0.15) is 40.4 Å². The number of benzene rings is 1. The Bertz CT molecular complexity index is 1340. The van der Waals surface area contributed by atoms with Crippen LogP contribution in [-0.2, 0) is 6.54 Å². The fourth-order valence-corrected chi connectivity index (χ4v) is 2.93. The van der Waals surface area contributed by atoms with Gasteiger partial charge in [0.25, 0.3) is 11.8 Å². The van der Waals surface area contributed by atoms with E-state index in [0.29, 0.717) is 16.7 Å². The molecule has 0 spiro atoms. The second kappa shape index (κ2) is 7.43. The van der Waals surface area contributed by atoms with E-state index in [-0.39, 0.29) is 29.6 Å². The number of nitrogens with zero attached hydrogens (tertiary/aromatic N) is 3. The van der Waals surface area contributed by atoms with Crippen molar-refractivity contribution in [3.8, 4) is 0 Å². The number of aromatic amines is 1. The Labute approximate surface area is 168 Å². The number of hydrogen-bond donors (Lipinski definition) is 3. The fraction of sp³-hybridized carbons (Fsp3) is 0.211. The highest BCUT2D eigenvalue weighted by atomic mass is 19.1. The van der Waals surface area contributed by atoms with Crippen LogP contribution in [0, 0.1) is 5.82 Å². The first-order chi connectivity index (χ1) is 14.3. The number of H-pyrrole nitrogens is 1. The third kappa shape index (κ3) is 3.64. The second-order valence-electron chi connectivity index (χ2n) is 6.91. The van der Waals surface area contributed by atoms with Gasteiger partial charge in [-0.3, -0.25) is 14.6 Å². The van der Waals surface area contributed by atoms with E-state index in [1.165, 1.54) is 6.07 Å². The molecule has 0 saturated heterocycles. The van der Waals surface area contributed by atoms with E-state index in [2.05, 4.69) is 25.7 Å². The lowest BCUT2D eigenvalue weighted by Crippen LogP contribution is -2.32. The van der Waals surface area contributed by atoms with Crippen molar-refractivity contribution in [3.05, 3.63) is 63.8 Å². The number of halogens is 1. The minimum absolute atomic E-state index is 0.0138. The van der Waals surface area contributed by atoms with E-state index in [0.717, 1.165) is 10.7 Å². The van der Waals surface area contributed by atoms with Crippen molar-refractivity contribution < 1.29 is 18.4 Å². The highest BCUT2D eigenvalue weighted by Gasteiger charge is 2.20. The molecule has 4 rings (SSSR count). The summed E-state index contributed by atoms with van der Waals surface area (Å²) in [6.45, 7) is 3.67. The molecule has 3 heterocycles. The van der Waals surface area contributed by atoms with Crippen molar-refractivity contribution in [2.24, 2.45) is 0 Å². The minimum Gasteiger partial charge on any atom is -0.408 e. The standard InChI is InChI=1S/C19H17FN6O4/c1-9(2)23-18(28)14-6-13(24-16-11(20)8-22-26(14)16)17(27)21-7-10-3-4-15-12(5-10)25-19(29)30-15/h3-6,8-9H,7H2,1-2H3,(H,21,27)(H,23,28)(H,25,29). The molecular weight excluding hydrogens is 395 g/mol. The van der Waals surface area contributed by atoms with Crippen molar-refractivity contribution >= 4 is 28.6 Å². The molecule has 3 N–H and O–H groups in total. The second-order valence-corrected chi connectivity index (χ2v) is 6.91. The van der Waals surface area contributed by atoms with Crippen LogP contribution in [0.5, 0.6) is 0 Å². The summed E-state index contributed by atoms with van der Waals surface area (Å²) < 4.78 is 20.0. The molecule has 154 valence electrons. The lowest BCUT2D eigenvalue weighted by molar-refractivity contribution is 0.0935. The molecule has 0 unspecified atom stereocenters. The number of oxazole rings is 1. The van der Waals surface area contributed by atoms with Gasteiger partial charge in [0.15, 0.2) is 17.0 Å². The smallest absolute Gasteiger partial charge is 0.408 e. The third-order valence-corrected chi connectivity index (χ3v) is 4.25. The van der Waals surface area contributed by atoms with Crippen molar-refractivity contribution in [2.75, 3.05) is 0 Å². The van der Waals surface area contributed by atoms with Gasteiger partial charge in [-0.25, -0.2) is 18.7 Å². The average molecular weight is 412 g/mol. The summed E-state index contributed by atoms with van der Waals surface area (Å²) in [4.78, 5) is 42.9. The highest BCUT2D eigenvalue weighted by Crippen LogP contribution is 2.14. The van der Waals surface area contributed by atoms with Crippen LogP contribution in [-0.4, -0.2) is 37.4 Å². The predicted molar refractivity (Wildman–Crippen MR) is 104 cm³/mol. The van der Waals surface area contributed by atoms with Gasteiger partial charge in [0.2, 0.25) is 0 Å². The average Bonchev–Trinajstić information content (AvgIpc) is 3.26. The first-order valence-electron chi connectivity index (χ1n) is 9.07. The van der Waals surface area contributed by atoms with E-state index in [4.69, 9.17) is 4.42 Å². The summed E-state index contributed by atoms with van der Waals surface area (Å²) >= 11 is 0. The summed E-state index contributed by atoms with van der Waals surface area (Å²) in [5, 5.41) is 9.17. The molecular formula is C19H17FN6O4. The SMILES string of the molecule is CC(C)NC(=O)c1cc(C(=O)NCc2ccc3oc(=O)[nH]c3c2)nc2c(F)cnn12. The zero-order valence-electron chi connectivity index (χ0n) is 16.0. The molecule has 0 aliphatic heterocycles. The summed E-state index contributed by atoms with van der Waals surface area (Å²) in [6.07, 6.45) is 0.928. The molecule has 0 saturated carbocycles. The van der Waals surface area contributed by atoms with Gasteiger partial charge in [0, 0.05) is 18.7 Å². The molecule has 0 aliphatic carbocycles. The van der Waals surface area contributed by atoms with Crippen molar-refractivity contribution in [2.45, 2.75) is 26.4 Å². The van der Waals surface area contributed by atoms with Crippen LogP contribution in [0.25, 0.3) is 16.7 Å². The van der Waals surface area contributed by atoms with Gasteiger partial charge in [-0.05, 0) is 31.5 Å². The van der Waals surface area contributed by atoms with Crippen LogP contribution in [0.4, 0.5) is 4.39 Å². The Hall–Kier alpha value is -4.02. The molecule has 0 bridgehead atoms. The molecule has 2 amide bonds. The zero-order valence-corrected chi connectivity index (χ0v) is 16.0. The fourth-order valence-electron chi connectivity index (χ4n) is 2.93. The minimum atomic E-state index is -0.752. The number of amides is 2. The molecule has 10 nitrogen and oxygen atoms in total. The van der Waals surface area contributed by atoms with Crippen LogP contribution in [0.2, 0.25) is 0 Å². The van der Waals surface area contributed by atoms with Crippen LogP contribution in [0.15, 0.2) is 39.7 Å². The van der Waals surface area contributed by atoms with Crippen molar-refractivity contribution in [1.29, 1.82) is 0 Å². The Morgan fingerprint density at radius 3 is 2.83 bits per heavy atom. The topological polar surface area (TPSA) is 134 Å². The zero-order chi connectivity index (χ0) is 21.4. The van der Waals surface area contributed by atoms with Crippen LogP contribution >= 0.6 is 0 Å². The molecule has 1 aromatic carbocycles. The maximum atomic E-state index is 14.0. The van der Waals surface area contributed by atoms with Gasteiger partial charge in [-0.15, -0.1) is 0 Å². The maximum Gasteiger partial charge on any atom is 0.417 e. The first kappa shape index (κ1) is 19.3. The van der Waals surface area contributed by atoms with Gasteiger partial charge in [0.1, 0.15) is 11.4 Å². The lowest BCUT2D eigenvalue weighted by atomic mass is 10.2. The molecule has 0 aliphatic rings.